The fraction of sp³-hybridized carbons (Fsp3) is 0.471. The van der Waals surface area contributed by atoms with Crippen molar-refractivity contribution in [2.45, 2.75) is 49.5 Å². The first-order valence-electron chi connectivity index (χ1n) is 8.41. The lowest BCUT2D eigenvalue weighted by molar-refractivity contribution is 0.0523. The molecule has 2 heterocycles. The topological polar surface area (TPSA) is 45.2 Å². The molecule has 0 saturated carbocycles. The largest absolute Gasteiger partial charge is 0.386 e. The van der Waals surface area contributed by atoms with Crippen molar-refractivity contribution in [1.29, 1.82) is 0 Å². The van der Waals surface area contributed by atoms with E-state index in [1.54, 1.807) is 6.92 Å². The normalized spacial score (nSPS) is 25.0. The average molecular weight is 414 g/mol. The molecular formula is C17H20F6N2OS. The number of pyridine rings is 1. The van der Waals surface area contributed by atoms with Crippen molar-refractivity contribution < 1.29 is 28.9 Å². The second-order valence-electron chi connectivity index (χ2n) is 7.17. The van der Waals surface area contributed by atoms with Gasteiger partial charge < -0.3 is 10.4 Å². The van der Waals surface area contributed by atoms with E-state index < -0.39 is 39.1 Å². The van der Waals surface area contributed by atoms with Gasteiger partial charge in [0.2, 0.25) is 0 Å². The molecular weight excluding hydrogens is 394 g/mol. The molecule has 2 N–H and O–H groups in total. The number of piperidine rings is 1. The summed E-state index contributed by atoms with van der Waals surface area (Å²) in [6, 6.07) is 4.13. The van der Waals surface area contributed by atoms with Crippen molar-refractivity contribution in [3.05, 3.63) is 35.4 Å². The van der Waals surface area contributed by atoms with E-state index >= 15 is 0 Å². The number of nitrogens with zero attached hydrogens (tertiary/aromatic N) is 1. The zero-order valence-corrected chi connectivity index (χ0v) is 15.3. The second kappa shape index (κ2) is 5.74. The van der Waals surface area contributed by atoms with Gasteiger partial charge >= 0.3 is 10.2 Å². The van der Waals surface area contributed by atoms with Crippen LogP contribution in [0.1, 0.15) is 43.4 Å². The molecule has 3 rings (SSSR count). The summed E-state index contributed by atoms with van der Waals surface area (Å²) in [4.78, 5) is 3.08. The lowest BCUT2D eigenvalue weighted by Gasteiger charge is -2.42. The molecule has 1 aromatic heterocycles. The standard InChI is InChI=1S/C17H20F6N2OS/c1-17(7-2-3-8-24-17)16(26)13-9-14(27(19,20,21,22)23)25-15-11(10-18)5-4-6-12(13)15/h4-6,9,16,24,26H,2-3,7-8,10H2,1H3/t16-,17-/m1/s1. The van der Waals surface area contributed by atoms with E-state index in [1.807, 2.05) is 0 Å². The number of hydrogen-bond donors (Lipinski definition) is 2. The minimum atomic E-state index is -10.1. The van der Waals surface area contributed by atoms with Crippen LogP contribution in [0.15, 0.2) is 29.3 Å². The highest BCUT2D eigenvalue weighted by molar-refractivity contribution is 8.45. The van der Waals surface area contributed by atoms with Crippen molar-refractivity contribution in [2.75, 3.05) is 6.54 Å². The van der Waals surface area contributed by atoms with Gasteiger partial charge in [-0.25, -0.2) is 9.37 Å². The Labute approximate surface area is 152 Å². The average Bonchev–Trinajstić information content (AvgIpc) is 2.58. The first kappa shape index (κ1) is 20.2. The molecule has 1 fully saturated rings. The van der Waals surface area contributed by atoms with Crippen LogP contribution in [0.2, 0.25) is 0 Å². The summed E-state index contributed by atoms with van der Waals surface area (Å²) in [5, 5.41) is 11.6. The number of alkyl halides is 1. The molecule has 3 nitrogen and oxygen atoms in total. The van der Waals surface area contributed by atoms with E-state index in [0.717, 1.165) is 12.8 Å². The monoisotopic (exact) mass is 414 g/mol. The Kier molecular flexibility index (Phi) is 4.30. The van der Waals surface area contributed by atoms with E-state index in [4.69, 9.17) is 0 Å². The number of para-hydroxylation sites is 1. The molecule has 152 valence electrons. The number of hydrogen-bond acceptors (Lipinski definition) is 3. The van der Waals surface area contributed by atoms with Gasteiger partial charge in [-0.1, -0.05) is 44.0 Å². The van der Waals surface area contributed by atoms with Crippen LogP contribution in [0, 0.1) is 0 Å². The van der Waals surface area contributed by atoms with Crippen molar-refractivity contribution in [1.82, 2.24) is 10.3 Å². The number of aliphatic hydroxyl groups is 1. The molecule has 1 saturated heterocycles. The third-order valence-electron chi connectivity index (χ3n) is 5.02. The van der Waals surface area contributed by atoms with Crippen LogP contribution < -0.4 is 5.32 Å². The minimum Gasteiger partial charge on any atom is -0.386 e. The summed E-state index contributed by atoms with van der Waals surface area (Å²) in [5.41, 5.74) is -2.09. The van der Waals surface area contributed by atoms with Crippen LogP contribution in [-0.2, 0) is 6.67 Å². The Hall–Kier alpha value is -1.52. The van der Waals surface area contributed by atoms with Gasteiger partial charge in [-0.2, -0.15) is 0 Å². The molecule has 0 unspecified atom stereocenters. The van der Waals surface area contributed by atoms with Gasteiger partial charge in [-0.3, -0.25) is 0 Å². The Morgan fingerprint density at radius 3 is 2.48 bits per heavy atom. The summed E-state index contributed by atoms with van der Waals surface area (Å²) in [7, 11) is -10.1. The first-order valence-corrected chi connectivity index (χ1v) is 10.4. The number of aromatic nitrogens is 1. The third kappa shape index (κ3) is 3.88. The van der Waals surface area contributed by atoms with Crippen LogP contribution in [0.4, 0.5) is 23.8 Å². The van der Waals surface area contributed by atoms with Crippen LogP contribution in [0.5, 0.6) is 0 Å². The molecule has 0 radical (unpaired) electrons. The van der Waals surface area contributed by atoms with Crippen LogP contribution >= 0.6 is 10.2 Å². The van der Waals surface area contributed by atoms with Crippen molar-refractivity contribution >= 4 is 21.1 Å². The summed E-state index contributed by atoms with van der Waals surface area (Å²) in [6.45, 7) is 1.00. The fourth-order valence-corrected chi connectivity index (χ4v) is 4.11. The quantitative estimate of drug-likeness (QED) is 0.610. The van der Waals surface area contributed by atoms with Gasteiger partial charge in [0, 0.05) is 16.5 Å². The molecule has 0 aliphatic carbocycles. The highest BCUT2D eigenvalue weighted by atomic mass is 32.5. The number of fused-ring (bicyclic) bond motifs is 1. The highest BCUT2D eigenvalue weighted by Crippen LogP contribution is 3.01. The Morgan fingerprint density at radius 2 is 1.93 bits per heavy atom. The number of nitrogens with one attached hydrogen (secondary N) is 1. The Morgan fingerprint density at radius 1 is 1.22 bits per heavy atom. The maximum Gasteiger partial charge on any atom is 0.325 e. The van der Waals surface area contributed by atoms with Crippen molar-refractivity contribution in [3.8, 4) is 0 Å². The fourth-order valence-electron chi connectivity index (χ4n) is 3.50. The molecule has 2 atom stereocenters. The van der Waals surface area contributed by atoms with Crippen LogP contribution in [0.3, 0.4) is 0 Å². The molecule has 0 spiro atoms. The van der Waals surface area contributed by atoms with E-state index in [2.05, 4.69) is 10.3 Å². The summed E-state index contributed by atoms with van der Waals surface area (Å²) < 4.78 is 80.5. The molecule has 1 aliphatic rings. The summed E-state index contributed by atoms with van der Waals surface area (Å²) in [5.74, 6) is 0. The van der Waals surface area contributed by atoms with Gasteiger partial charge in [0.05, 0.1) is 11.6 Å². The molecule has 1 aromatic carbocycles. The van der Waals surface area contributed by atoms with E-state index in [-0.39, 0.29) is 22.6 Å². The van der Waals surface area contributed by atoms with Crippen LogP contribution in [0.25, 0.3) is 10.9 Å². The van der Waals surface area contributed by atoms with Gasteiger partial charge in [0.25, 0.3) is 0 Å². The highest BCUT2D eigenvalue weighted by Gasteiger charge is 2.67. The van der Waals surface area contributed by atoms with Gasteiger partial charge in [-0.15, -0.1) is 0 Å². The molecule has 0 amide bonds. The van der Waals surface area contributed by atoms with Gasteiger partial charge in [0.15, 0.2) is 5.03 Å². The number of benzene rings is 1. The Bertz CT molecular complexity index is 881. The van der Waals surface area contributed by atoms with Gasteiger partial charge in [0.1, 0.15) is 6.67 Å². The summed E-state index contributed by atoms with van der Waals surface area (Å²) >= 11 is 0. The van der Waals surface area contributed by atoms with Gasteiger partial charge in [-0.05, 0) is 37.9 Å². The van der Waals surface area contributed by atoms with Crippen molar-refractivity contribution in [2.24, 2.45) is 0 Å². The predicted molar refractivity (Wildman–Crippen MR) is 93.2 cm³/mol. The molecule has 0 bridgehead atoms. The van der Waals surface area contributed by atoms with E-state index in [9.17, 15) is 28.9 Å². The van der Waals surface area contributed by atoms with Crippen LogP contribution in [-0.4, -0.2) is 22.2 Å². The molecule has 27 heavy (non-hydrogen) atoms. The smallest absolute Gasteiger partial charge is 0.325 e. The Balaban J connectivity index is 2.31. The molecule has 10 heteroatoms. The lowest BCUT2D eigenvalue weighted by Crippen LogP contribution is -2.50. The zero-order valence-electron chi connectivity index (χ0n) is 14.5. The zero-order chi connectivity index (χ0) is 20.2. The first-order chi connectivity index (χ1) is 12.2. The number of aliphatic hydroxyl groups excluding tert-OH is 1. The van der Waals surface area contributed by atoms with E-state index in [0.29, 0.717) is 13.0 Å². The number of halogens is 6. The lowest BCUT2D eigenvalue weighted by atomic mass is 9.81. The third-order valence-corrected chi connectivity index (χ3v) is 6.02. The van der Waals surface area contributed by atoms with E-state index in [1.165, 1.54) is 18.2 Å². The number of rotatable bonds is 4. The maximum atomic E-state index is 13.4. The predicted octanol–water partition coefficient (Wildman–Crippen LogP) is 5.93. The maximum absolute atomic E-state index is 13.4. The SMILES string of the molecule is C[C@]1([C@H](O)c2cc(S(F)(F)(F)(F)F)nc3c(CF)cccc23)CCCCN1. The minimum absolute atomic E-state index is 0.0249. The molecule has 1 aliphatic heterocycles. The summed E-state index contributed by atoms with van der Waals surface area (Å²) in [6.07, 6.45) is 0.513. The second-order valence-corrected chi connectivity index (χ2v) is 9.53. The van der Waals surface area contributed by atoms with Crippen molar-refractivity contribution in [3.63, 3.8) is 0 Å². The molecule has 2 aromatic rings.